The number of aromatic amines is 3. The predicted octanol–water partition coefficient (Wildman–Crippen LogP) is -1.88. The fourth-order valence-electron chi connectivity index (χ4n) is 9.19. The molecule has 0 unspecified atom stereocenters. The topological polar surface area (TPSA) is 491 Å². The molecule has 0 saturated heterocycles. The number of carboxylic acid groups (broad SMARTS) is 1. The van der Waals surface area contributed by atoms with E-state index in [0.29, 0.717) is 22.4 Å². The van der Waals surface area contributed by atoms with Crippen LogP contribution in [0.1, 0.15) is 60.9 Å². The summed E-state index contributed by atoms with van der Waals surface area (Å²) >= 11 is 0. The standard InChI is InChI=1S/C55H74N20O8/c56-37(26-34-29-63-30-69-34)46(76)70-40(17-8-20-64-53(57)58)47(77)71-41(18-9-21-65-54(59)60)48(78)73-44(25-33-28-68-39-16-7-5-14-36(33)39)51(81)74-43(24-32-27-67-38-15-6-4-13-35(32)38)50(80)72-42(19-10-22-66-55(61)62)49(79)75-45(52(82)83)23-31-11-2-1-3-12-31/h1-7,11-16,27-30,37,40-45,67-68H,8-10,17-26,56H2,(H,63,69)(H,70,76)(H,71,77)(H,72,80)(H,73,78)(H,74,81)(H,75,79)(H,82,83)(H4,57,58,64)(H4,59,60,65)(H4,61,62,66)/t37-,40-,41-,42-,43-,44-,45-/m0/s1. The van der Waals surface area contributed by atoms with Crippen LogP contribution >= 0.6 is 0 Å². The molecule has 3 heterocycles. The van der Waals surface area contributed by atoms with Crippen LogP contribution in [0.25, 0.3) is 21.8 Å². The van der Waals surface area contributed by atoms with Crippen LogP contribution in [-0.2, 0) is 59.2 Å². The molecule has 7 atom stereocenters. The number of aliphatic carboxylic acids is 1. The molecule has 83 heavy (non-hydrogen) atoms. The highest BCUT2D eigenvalue weighted by atomic mass is 16.4. The Morgan fingerprint density at radius 1 is 0.470 bits per heavy atom. The molecule has 3 aromatic carbocycles. The lowest BCUT2D eigenvalue weighted by molar-refractivity contribution is -0.142. The third kappa shape index (κ3) is 19.7. The number of hydrogen-bond acceptors (Lipinski definition) is 12. The third-order valence-electron chi connectivity index (χ3n) is 13.4. The number of carbonyl (C=O) groups excluding carboxylic acids is 6. The minimum absolute atomic E-state index is 0.00552. The number of benzene rings is 3. The highest BCUT2D eigenvalue weighted by Crippen LogP contribution is 2.22. The number of nitrogens with two attached hydrogens (primary N) is 7. The number of rotatable bonds is 33. The number of aliphatic imine (C=N–C) groups is 3. The number of carboxylic acids is 1. The summed E-state index contributed by atoms with van der Waals surface area (Å²) in [6, 6.07) is 13.8. The van der Waals surface area contributed by atoms with Crippen molar-refractivity contribution in [3.63, 3.8) is 0 Å². The van der Waals surface area contributed by atoms with Gasteiger partial charge in [0.2, 0.25) is 35.4 Å². The number of nitrogens with zero attached hydrogens (tertiary/aromatic N) is 4. The molecule has 0 aliphatic heterocycles. The molecule has 24 N–H and O–H groups in total. The number of hydrogen-bond donors (Lipinski definition) is 17. The molecule has 28 nitrogen and oxygen atoms in total. The van der Waals surface area contributed by atoms with E-state index < -0.39 is 83.7 Å². The first-order valence-electron chi connectivity index (χ1n) is 26.9. The lowest BCUT2D eigenvalue weighted by Gasteiger charge is -2.28. The van der Waals surface area contributed by atoms with Gasteiger partial charge in [-0.15, -0.1) is 0 Å². The summed E-state index contributed by atoms with van der Waals surface area (Å²) in [6.45, 7) is 0.205. The zero-order valence-corrected chi connectivity index (χ0v) is 45.7. The monoisotopic (exact) mass is 1140 g/mol. The van der Waals surface area contributed by atoms with Crippen molar-refractivity contribution in [2.45, 2.75) is 107 Å². The fraction of sp³-hybridized carbons (Fsp3) is 0.364. The van der Waals surface area contributed by atoms with Crippen molar-refractivity contribution in [3.8, 4) is 0 Å². The van der Waals surface area contributed by atoms with Gasteiger partial charge in [0.25, 0.3) is 0 Å². The van der Waals surface area contributed by atoms with Crippen molar-refractivity contribution < 1.29 is 38.7 Å². The molecule has 0 saturated carbocycles. The maximum Gasteiger partial charge on any atom is 0.326 e. The molecule has 0 bridgehead atoms. The molecular formula is C55H74N20O8. The van der Waals surface area contributed by atoms with Crippen LogP contribution in [0.3, 0.4) is 0 Å². The summed E-state index contributed by atoms with van der Waals surface area (Å²) in [7, 11) is 0. The number of H-pyrrole nitrogens is 3. The van der Waals surface area contributed by atoms with Gasteiger partial charge in [-0.1, -0.05) is 66.7 Å². The van der Waals surface area contributed by atoms with E-state index in [2.05, 4.69) is 66.8 Å². The summed E-state index contributed by atoms with van der Waals surface area (Å²) in [5.74, 6) is -6.70. The lowest BCUT2D eigenvalue weighted by atomic mass is 10.00. The smallest absolute Gasteiger partial charge is 0.326 e. The van der Waals surface area contributed by atoms with E-state index in [9.17, 15) is 33.9 Å². The molecule has 0 aliphatic carbocycles. The highest BCUT2D eigenvalue weighted by Gasteiger charge is 2.35. The average molecular weight is 1140 g/mol. The van der Waals surface area contributed by atoms with E-state index in [4.69, 9.17) is 40.1 Å². The summed E-state index contributed by atoms with van der Waals surface area (Å²) in [4.78, 5) is 125. The quantitative estimate of drug-likeness (QED) is 0.0122. The third-order valence-corrected chi connectivity index (χ3v) is 13.4. The molecule has 442 valence electrons. The van der Waals surface area contributed by atoms with Crippen LogP contribution in [-0.4, -0.2) is 146 Å². The Kier molecular flexibility index (Phi) is 23.3. The maximum atomic E-state index is 15.2. The minimum Gasteiger partial charge on any atom is -0.480 e. The number of guanidine groups is 3. The number of carbonyl (C=O) groups is 7. The van der Waals surface area contributed by atoms with Gasteiger partial charge in [0.05, 0.1) is 12.4 Å². The van der Waals surface area contributed by atoms with Crippen LogP contribution in [0.5, 0.6) is 0 Å². The molecular weight excluding hydrogens is 1070 g/mol. The second kappa shape index (κ2) is 31.1. The second-order valence-corrected chi connectivity index (χ2v) is 19.8. The SMILES string of the molecule is NC(N)=NCCC[C@H](NC(=O)[C@H](Cc1c[nH]c2ccccc12)NC(=O)[C@H](Cc1c[nH]c2ccccc12)NC(=O)[C@H](CCCN=C(N)N)NC(=O)[C@H](CCCN=C(N)N)NC(=O)[C@@H](N)Cc1cnc[nH]1)C(=O)N[C@@H](Cc1ccccc1)C(=O)O. The molecule has 6 rings (SSSR count). The summed E-state index contributed by atoms with van der Waals surface area (Å²) < 4.78 is 0. The van der Waals surface area contributed by atoms with E-state index >= 15 is 4.79 Å². The van der Waals surface area contributed by atoms with Crippen molar-refractivity contribution in [2.24, 2.45) is 55.1 Å². The zero-order valence-electron chi connectivity index (χ0n) is 45.7. The first-order valence-corrected chi connectivity index (χ1v) is 26.9. The Hall–Kier alpha value is -9.99. The van der Waals surface area contributed by atoms with E-state index in [1.54, 1.807) is 54.9 Å². The van der Waals surface area contributed by atoms with Crippen LogP contribution in [0.2, 0.25) is 0 Å². The first-order chi connectivity index (χ1) is 39.8. The van der Waals surface area contributed by atoms with Crippen molar-refractivity contribution in [1.82, 2.24) is 51.8 Å². The van der Waals surface area contributed by atoms with E-state index in [-0.39, 0.29) is 102 Å². The predicted molar refractivity (Wildman–Crippen MR) is 313 cm³/mol. The van der Waals surface area contributed by atoms with Crippen molar-refractivity contribution >= 4 is 81.1 Å². The molecule has 28 heteroatoms. The number of aromatic nitrogens is 4. The van der Waals surface area contributed by atoms with Crippen LogP contribution in [0.4, 0.5) is 0 Å². The van der Waals surface area contributed by atoms with Crippen molar-refractivity contribution in [1.29, 1.82) is 0 Å². The lowest BCUT2D eigenvalue weighted by Crippen LogP contribution is -2.60. The Bertz CT molecular complexity index is 3220. The Balaban J connectivity index is 1.33. The molecule has 0 aliphatic rings. The van der Waals surface area contributed by atoms with Crippen molar-refractivity contribution in [2.75, 3.05) is 19.6 Å². The fourth-order valence-corrected chi connectivity index (χ4v) is 9.19. The van der Waals surface area contributed by atoms with Crippen molar-refractivity contribution in [3.05, 3.63) is 126 Å². The molecule has 0 spiro atoms. The van der Waals surface area contributed by atoms with Gasteiger partial charge in [0.1, 0.15) is 36.3 Å². The van der Waals surface area contributed by atoms with Gasteiger partial charge in [-0.3, -0.25) is 43.7 Å². The number of para-hydroxylation sites is 2. The molecule has 6 aromatic rings. The highest BCUT2D eigenvalue weighted by molar-refractivity contribution is 5.98. The Morgan fingerprint density at radius 3 is 1.27 bits per heavy atom. The van der Waals surface area contributed by atoms with Gasteiger partial charge in [0.15, 0.2) is 17.9 Å². The summed E-state index contributed by atoms with van der Waals surface area (Å²) in [5.41, 5.74) is 43.6. The molecule has 6 amide bonds. The molecule has 0 fully saturated rings. The largest absolute Gasteiger partial charge is 0.480 e. The molecule has 0 radical (unpaired) electrons. The van der Waals surface area contributed by atoms with Crippen LogP contribution in [0, 0.1) is 0 Å². The van der Waals surface area contributed by atoms with Crippen LogP contribution < -0.4 is 72.0 Å². The minimum atomic E-state index is -1.46. The van der Waals surface area contributed by atoms with E-state index in [1.165, 1.54) is 12.5 Å². The molecule has 3 aromatic heterocycles. The number of fused-ring (bicyclic) bond motifs is 2. The van der Waals surface area contributed by atoms with Gasteiger partial charge in [-0.05, 0) is 67.3 Å². The normalized spacial score (nSPS) is 13.6. The summed E-state index contributed by atoms with van der Waals surface area (Å²) in [6.07, 6.45) is 6.41. The van der Waals surface area contributed by atoms with Gasteiger partial charge >= 0.3 is 5.97 Å². The maximum absolute atomic E-state index is 15.2. The zero-order chi connectivity index (χ0) is 59.8. The van der Waals surface area contributed by atoms with Crippen LogP contribution in [0.15, 0.2) is 119 Å². The first kappa shape index (κ1) is 62.2. The number of nitrogens with one attached hydrogen (secondary N) is 9. The number of imidazole rings is 1. The average Bonchev–Trinajstić information content (AvgIpc) is 4.42. The Morgan fingerprint density at radius 2 is 0.855 bits per heavy atom. The Labute approximate surface area is 477 Å². The van der Waals surface area contributed by atoms with E-state index in [1.807, 2.05) is 36.4 Å². The van der Waals surface area contributed by atoms with Gasteiger partial charge in [0, 0.05) is 91.4 Å². The van der Waals surface area contributed by atoms with Gasteiger partial charge < -0.3 is 92.1 Å². The van der Waals surface area contributed by atoms with Gasteiger partial charge in [-0.25, -0.2) is 9.78 Å². The summed E-state index contributed by atoms with van der Waals surface area (Å²) in [5, 5.41) is 28.1. The van der Waals surface area contributed by atoms with E-state index in [0.717, 1.165) is 21.8 Å². The van der Waals surface area contributed by atoms with Gasteiger partial charge in [-0.2, -0.15) is 0 Å². The number of amides is 6. The second-order valence-electron chi connectivity index (χ2n) is 19.8.